The minimum atomic E-state index is -5.08. The average molecular weight is 414 g/mol. The van der Waals surface area contributed by atoms with Gasteiger partial charge in [0.15, 0.2) is 0 Å². The van der Waals surface area contributed by atoms with E-state index in [0.717, 1.165) is 19.4 Å². The Hall–Kier alpha value is -3.32. The number of H-pyrrole nitrogens is 1. The Kier molecular flexibility index (Phi) is 6.42. The van der Waals surface area contributed by atoms with Crippen molar-refractivity contribution in [3.63, 3.8) is 0 Å². The van der Waals surface area contributed by atoms with E-state index in [4.69, 9.17) is 15.6 Å². The van der Waals surface area contributed by atoms with Gasteiger partial charge in [0.2, 0.25) is 0 Å². The first-order chi connectivity index (χ1) is 14.3. The molecule has 0 saturated carbocycles. The molecule has 0 aliphatic rings. The predicted octanol–water partition coefficient (Wildman–Crippen LogP) is 5.51. The lowest BCUT2D eigenvalue weighted by atomic mass is 9.96. The van der Waals surface area contributed by atoms with Crippen molar-refractivity contribution >= 4 is 27.6 Å². The van der Waals surface area contributed by atoms with Gasteiger partial charge in [0.25, 0.3) is 0 Å². The fourth-order valence-electron chi connectivity index (χ4n) is 3.32. The molecule has 0 aliphatic heterocycles. The zero-order chi connectivity index (χ0) is 21.7. The third-order valence-electron chi connectivity index (χ3n) is 4.76. The molecule has 0 atom stereocenters. The van der Waals surface area contributed by atoms with Crippen molar-refractivity contribution < 1.29 is 23.1 Å². The number of aromatic nitrogens is 1. The van der Waals surface area contributed by atoms with Crippen LogP contribution in [0, 0.1) is 0 Å². The predicted molar refractivity (Wildman–Crippen MR) is 112 cm³/mol. The standard InChI is InChI=1S/C21H20N2.C2HF3O2/c22-12-4-7-17-14-23-21-11-10-16(13-20(17)21)19-9-3-6-15-5-1-2-8-18(15)19;3-2(4,5)1(6)7/h1-3,5-6,8-11,13-14,23H,4,7,12,22H2;(H,6,7). The van der Waals surface area contributed by atoms with Crippen LogP contribution in [0.15, 0.2) is 66.9 Å². The largest absolute Gasteiger partial charge is 0.490 e. The second kappa shape index (κ2) is 9.00. The Morgan fingerprint density at radius 1 is 1.00 bits per heavy atom. The molecule has 0 fully saturated rings. The van der Waals surface area contributed by atoms with Crippen LogP contribution in [-0.2, 0) is 11.2 Å². The first-order valence-electron chi connectivity index (χ1n) is 9.39. The zero-order valence-corrected chi connectivity index (χ0v) is 16.0. The van der Waals surface area contributed by atoms with Crippen LogP contribution in [0.2, 0.25) is 0 Å². The number of carboxylic acid groups (broad SMARTS) is 1. The van der Waals surface area contributed by atoms with Gasteiger partial charge in [-0.05, 0) is 59.0 Å². The van der Waals surface area contributed by atoms with Crippen LogP contribution in [-0.4, -0.2) is 28.8 Å². The fourth-order valence-corrected chi connectivity index (χ4v) is 3.32. The van der Waals surface area contributed by atoms with E-state index in [1.165, 1.54) is 38.4 Å². The van der Waals surface area contributed by atoms with Gasteiger partial charge in [-0.3, -0.25) is 0 Å². The third-order valence-corrected chi connectivity index (χ3v) is 4.76. The van der Waals surface area contributed by atoms with Crippen LogP contribution in [0.25, 0.3) is 32.8 Å². The molecular formula is C23H21F3N2O2. The highest BCUT2D eigenvalue weighted by Crippen LogP contribution is 2.31. The minimum absolute atomic E-state index is 0.732. The molecule has 4 aromatic rings. The summed E-state index contributed by atoms with van der Waals surface area (Å²) >= 11 is 0. The number of halogens is 3. The first kappa shape index (κ1) is 21.4. The van der Waals surface area contributed by atoms with E-state index in [1.54, 1.807) is 0 Å². The summed E-state index contributed by atoms with van der Waals surface area (Å²) < 4.78 is 31.7. The van der Waals surface area contributed by atoms with Gasteiger partial charge in [0, 0.05) is 17.1 Å². The number of nitrogens with two attached hydrogens (primary N) is 1. The lowest BCUT2D eigenvalue weighted by Crippen LogP contribution is -2.21. The van der Waals surface area contributed by atoms with Crippen molar-refractivity contribution in [1.29, 1.82) is 0 Å². The number of aryl methyl sites for hydroxylation is 1. The van der Waals surface area contributed by atoms with Gasteiger partial charge in [0.05, 0.1) is 0 Å². The SMILES string of the molecule is NCCCc1c[nH]c2ccc(-c3cccc4ccccc34)cc12.O=C(O)C(F)(F)F. The number of hydrogen-bond acceptors (Lipinski definition) is 2. The highest BCUT2D eigenvalue weighted by atomic mass is 19.4. The van der Waals surface area contributed by atoms with Crippen LogP contribution < -0.4 is 5.73 Å². The molecule has 3 aromatic carbocycles. The van der Waals surface area contributed by atoms with Crippen molar-refractivity contribution in [2.75, 3.05) is 6.54 Å². The number of rotatable bonds is 4. The molecule has 4 N–H and O–H groups in total. The van der Waals surface area contributed by atoms with Crippen molar-refractivity contribution in [2.24, 2.45) is 5.73 Å². The van der Waals surface area contributed by atoms with Crippen LogP contribution in [0.1, 0.15) is 12.0 Å². The number of aliphatic carboxylic acids is 1. The Bertz CT molecular complexity index is 1160. The van der Waals surface area contributed by atoms with E-state index < -0.39 is 12.1 Å². The molecule has 0 radical (unpaired) electrons. The molecule has 0 bridgehead atoms. The molecule has 30 heavy (non-hydrogen) atoms. The molecule has 1 aromatic heterocycles. The highest BCUT2D eigenvalue weighted by molar-refractivity contribution is 5.99. The Balaban J connectivity index is 0.000000318. The number of alkyl halides is 3. The van der Waals surface area contributed by atoms with Gasteiger partial charge in [-0.15, -0.1) is 0 Å². The molecule has 0 amide bonds. The van der Waals surface area contributed by atoms with Crippen molar-refractivity contribution in [3.8, 4) is 11.1 Å². The molecule has 0 saturated heterocycles. The number of hydrogen-bond donors (Lipinski definition) is 3. The van der Waals surface area contributed by atoms with E-state index >= 15 is 0 Å². The summed E-state index contributed by atoms with van der Waals surface area (Å²) in [5, 5.41) is 11.0. The zero-order valence-electron chi connectivity index (χ0n) is 16.0. The van der Waals surface area contributed by atoms with Crippen LogP contribution >= 0.6 is 0 Å². The minimum Gasteiger partial charge on any atom is -0.475 e. The summed E-state index contributed by atoms with van der Waals surface area (Å²) in [4.78, 5) is 12.3. The smallest absolute Gasteiger partial charge is 0.475 e. The number of nitrogens with one attached hydrogen (secondary N) is 1. The monoisotopic (exact) mass is 414 g/mol. The lowest BCUT2D eigenvalue weighted by Gasteiger charge is -2.08. The van der Waals surface area contributed by atoms with E-state index in [-0.39, 0.29) is 0 Å². The fraction of sp³-hybridized carbons (Fsp3) is 0.174. The van der Waals surface area contributed by atoms with E-state index in [1.807, 2.05) is 0 Å². The molecule has 0 spiro atoms. The normalized spacial score (nSPS) is 11.3. The van der Waals surface area contributed by atoms with Crippen molar-refractivity contribution in [2.45, 2.75) is 19.0 Å². The third kappa shape index (κ3) is 4.80. The molecule has 4 rings (SSSR count). The van der Waals surface area contributed by atoms with Gasteiger partial charge >= 0.3 is 12.1 Å². The number of aromatic amines is 1. The van der Waals surface area contributed by atoms with Gasteiger partial charge in [-0.25, -0.2) is 4.79 Å². The summed E-state index contributed by atoms with van der Waals surface area (Å²) in [7, 11) is 0. The van der Waals surface area contributed by atoms with Gasteiger partial charge in [-0.2, -0.15) is 13.2 Å². The van der Waals surface area contributed by atoms with Crippen LogP contribution in [0.4, 0.5) is 13.2 Å². The maximum Gasteiger partial charge on any atom is 0.490 e. The maximum absolute atomic E-state index is 10.6. The summed E-state index contributed by atoms with van der Waals surface area (Å²) in [5.74, 6) is -2.76. The Morgan fingerprint density at radius 3 is 2.40 bits per heavy atom. The molecule has 0 unspecified atom stereocenters. The van der Waals surface area contributed by atoms with E-state index in [9.17, 15) is 13.2 Å². The summed E-state index contributed by atoms with van der Waals surface area (Å²) in [5.41, 5.74) is 10.8. The first-order valence-corrected chi connectivity index (χ1v) is 9.39. The maximum atomic E-state index is 10.6. The second-order valence-corrected chi connectivity index (χ2v) is 6.80. The average Bonchev–Trinajstić information content (AvgIpc) is 3.13. The molecule has 7 heteroatoms. The topological polar surface area (TPSA) is 79.1 Å². The van der Waals surface area contributed by atoms with E-state index in [0.29, 0.717) is 0 Å². The Morgan fingerprint density at radius 2 is 1.70 bits per heavy atom. The molecular weight excluding hydrogens is 393 g/mol. The summed E-state index contributed by atoms with van der Waals surface area (Å²) in [6, 6.07) is 21.7. The van der Waals surface area contributed by atoms with E-state index in [2.05, 4.69) is 71.8 Å². The second-order valence-electron chi connectivity index (χ2n) is 6.80. The molecule has 0 aliphatic carbocycles. The van der Waals surface area contributed by atoms with Gasteiger partial charge in [0.1, 0.15) is 0 Å². The highest BCUT2D eigenvalue weighted by Gasteiger charge is 2.38. The van der Waals surface area contributed by atoms with Gasteiger partial charge < -0.3 is 15.8 Å². The van der Waals surface area contributed by atoms with Crippen LogP contribution in [0.3, 0.4) is 0 Å². The number of fused-ring (bicyclic) bond motifs is 2. The molecule has 4 nitrogen and oxygen atoms in total. The quantitative estimate of drug-likeness (QED) is 0.412. The molecule has 156 valence electrons. The van der Waals surface area contributed by atoms with Crippen molar-refractivity contribution in [3.05, 3.63) is 72.4 Å². The summed E-state index contributed by atoms with van der Waals surface area (Å²) in [6.45, 7) is 0.732. The molecule has 1 heterocycles. The van der Waals surface area contributed by atoms with Crippen molar-refractivity contribution in [1.82, 2.24) is 4.98 Å². The number of benzene rings is 3. The van der Waals surface area contributed by atoms with Gasteiger partial charge in [-0.1, -0.05) is 48.5 Å². The number of carbonyl (C=O) groups is 1. The Labute approximate surface area is 171 Å². The lowest BCUT2D eigenvalue weighted by molar-refractivity contribution is -0.192. The number of carboxylic acids is 1. The van der Waals surface area contributed by atoms with Crippen LogP contribution in [0.5, 0.6) is 0 Å². The summed E-state index contributed by atoms with van der Waals surface area (Å²) in [6.07, 6.45) is -0.922.